The van der Waals surface area contributed by atoms with Gasteiger partial charge in [0.2, 0.25) is 0 Å². The highest BCUT2D eigenvalue weighted by Gasteiger charge is 2.29. The maximum Gasteiger partial charge on any atom is 0.0817 e. The average molecular weight is 322 g/mol. The van der Waals surface area contributed by atoms with Crippen molar-refractivity contribution in [3.8, 4) is 0 Å². The molecule has 3 heteroatoms. The SMILES string of the molecule is N=CN1CCCC(CC2c3ccccc3Sc3ccccc32)C1. The van der Waals surface area contributed by atoms with Crippen LogP contribution in [0, 0.1) is 11.3 Å². The molecule has 2 aliphatic heterocycles. The first-order valence-electron chi connectivity index (χ1n) is 8.45. The van der Waals surface area contributed by atoms with Gasteiger partial charge in [-0.2, -0.15) is 0 Å². The third kappa shape index (κ3) is 2.90. The Morgan fingerprint density at radius 3 is 2.35 bits per heavy atom. The molecule has 1 atom stereocenters. The van der Waals surface area contributed by atoms with Gasteiger partial charge in [-0.15, -0.1) is 0 Å². The van der Waals surface area contributed by atoms with Gasteiger partial charge in [0.1, 0.15) is 0 Å². The number of rotatable bonds is 3. The predicted molar refractivity (Wildman–Crippen MR) is 96.5 cm³/mol. The molecule has 0 bridgehead atoms. The summed E-state index contributed by atoms with van der Waals surface area (Å²) in [5.41, 5.74) is 2.98. The maximum atomic E-state index is 7.54. The fraction of sp³-hybridized carbons (Fsp3) is 0.350. The van der Waals surface area contributed by atoms with Crippen molar-refractivity contribution in [1.82, 2.24) is 4.90 Å². The van der Waals surface area contributed by atoms with Crippen LogP contribution in [-0.4, -0.2) is 24.3 Å². The van der Waals surface area contributed by atoms with Gasteiger partial charge in [0, 0.05) is 28.8 Å². The van der Waals surface area contributed by atoms with Crippen LogP contribution in [0.3, 0.4) is 0 Å². The number of fused-ring (bicyclic) bond motifs is 2. The van der Waals surface area contributed by atoms with E-state index in [9.17, 15) is 0 Å². The molecule has 23 heavy (non-hydrogen) atoms. The molecule has 2 aromatic carbocycles. The normalized spacial score (nSPS) is 20.7. The zero-order valence-electron chi connectivity index (χ0n) is 13.2. The Balaban J connectivity index is 1.66. The van der Waals surface area contributed by atoms with E-state index < -0.39 is 0 Å². The minimum Gasteiger partial charge on any atom is -0.363 e. The lowest BCUT2D eigenvalue weighted by molar-refractivity contribution is 0.246. The number of likely N-dealkylation sites (tertiary alicyclic amines) is 1. The van der Waals surface area contributed by atoms with Crippen LogP contribution in [0.1, 0.15) is 36.3 Å². The van der Waals surface area contributed by atoms with Gasteiger partial charge < -0.3 is 4.90 Å². The van der Waals surface area contributed by atoms with Crippen molar-refractivity contribution in [2.45, 2.75) is 35.0 Å². The van der Waals surface area contributed by atoms with Crippen molar-refractivity contribution in [2.75, 3.05) is 13.1 Å². The van der Waals surface area contributed by atoms with E-state index in [0.29, 0.717) is 11.8 Å². The number of piperidine rings is 1. The molecular formula is C20H22N2S. The highest BCUT2D eigenvalue weighted by molar-refractivity contribution is 7.99. The molecule has 1 saturated heterocycles. The first kappa shape index (κ1) is 14.8. The number of nitrogens with zero attached hydrogens (tertiary/aromatic N) is 1. The molecule has 2 heterocycles. The smallest absolute Gasteiger partial charge is 0.0817 e. The summed E-state index contributed by atoms with van der Waals surface area (Å²) in [6.07, 6.45) is 5.22. The summed E-state index contributed by atoms with van der Waals surface area (Å²) in [5, 5.41) is 7.54. The molecule has 0 saturated carbocycles. The highest BCUT2D eigenvalue weighted by Crippen LogP contribution is 2.48. The summed E-state index contributed by atoms with van der Waals surface area (Å²) < 4.78 is 0. The van der Waals surface area contributed by atoms with Gasteiger partial charge in [0.15, 0.2) is 0 Å². The second-order valence-electron chi connectivity index (χ2n) is 6.60. The molecule has 4 rings (SSSR count). The minimum absolute atomic E-state index is 0.499. The van der Waals surface area contributed by atoms with Gasteiger partial charge in [-0.1, -0.05) is 48.2 Å². The lowest BCUT2D eigenvalue weighted by Gasteiger charge is -2.35. The zero-order valence-corrected chi connectivity index (χ0v) is 14.1. The summed E-state index contributed by atoms with van der Waals surface area (Å²) in [7, 11) is 0. The van der Waals surface area contributed by atoms with Crippen LogP contribution in [0.5, 0.6) is 0 Å². The van der Waals surface area contributed by atoms with E-state index in [1.807, 2.05) is 11.8 Å². The van der Waals surface area contributed by atoms with E-state index in [2.05, 4.69) is 53.4 Å². The van der Waals surface area contributed by atoms with Gasteiger partial charge in [0.05, 0.1) is 6.34 Å². The molecule has 2 aromatic rings. The summed E-state index contributed by atoms with van der Waals surface area (Å²) in [4.78, 5) is 5.00. The lowest BCUT2D eigenvalue weighted by atomic mass is 9.80. The second-order valence-corrected chi connectivity index (χ2v) is 7.68. The lowest BCUT2D eigenvalue weighted by Crippen LogP contribution is -2.35. The molecule has 0 aromatic heterocycles. The first-order chi connectivity index (χ1) is 11.3. The molecule has 2 aliphatic rings. The van der Waals surface area contributed by atoms with Crippen molar-refractivity contribution in [3.63, 3.8) is 0 Å². The van der Waals surface area contributed by atoms with Crippen LogP contribution in [0.15, 0.2) is 58.3 Å². The topological polar surface area (TPSA) is 27.1 Å². The van der Waals surface area contributed by atoms with Gasteiger partial charge in [0.25, 0.3) is 0 Å². The van der Waals surface area contributed by atoms with E-state index >= 15 is 0 Å². The Morgan fingerprint density at radius 2 is 1.70 bits per heavy atom. The van der Waals surface area contributed by atoms with Gasteiger partial charge in [-0.25, -0.2) is 0 Å². The summed E-state index contributed by atoms with van der Waals surface area (Å²) in [6, 6.07) is 17.8. The molecule has 0 radical (unpaired) electrons. The van der Waals surface area contributed by atoms with Crippen LogP contribution < -0.4 is 0 Å². The molecule has 0 amide bonds. The predicted octanol–water partition coefficient (Wildman–Crippen LogP) is 4.99. The molecule has 0 aliphatic carbocycles. The van der Waals surface area contributed by atoms with E-state index in [4.69, 9.17) is 5.41 Å². The van der Waals surface area contributed by atoms with Crippen molar-refractivity contribution in [3.05, 3.63) is 59.7 Å². The van der Waals surface area contributed by atoms with Crippen molar-refractivity contribution in [1.29, 1.82) is 5.41 Å². The van der Waals surface area contributed by atoms with Crippen LogP contribution in [0.2, 0.25) is 0 Å². The number of hydrogen-bond acceptors (Lipinski definition) is 2. The maximum absolute atomic E-state index is 7.54. The van der Waals surface area contributed by atoms with Gasteiger partial charge in [-0.3, -0.25) is 5.41 Å². The molecular weight excluding hydrogens is 300 g/mol. The molecule has 118 valence electrons. The highest BCUT2D eigenvalue weighted by atomic mass is 32.2. The Labute approximate surface area is 142 Å². The Hall–Kier alpha value is -1.74. The number of benzene rings is 2. The van der Waals surface area contributed by atoms with Gasteiger partial charge >= 0.3 is 0 Å². The third-order valence-corrected chi connectivity index (χ3v) is 6.29. The Kier molecular flexibility index (Phi) is 4.13. The van der Waals surface area contributed by atoms with E-state index in [0.717, 1.165) is 13.1 Å². The standard InChI is InChI=1S/C20H22N2S/c21-14-22-11-5-6-15(13-22)12-18-16-7-1-3-9-19(16)23-20-10-4-2-8-17(18)20/h1-4,7-10,14-15,18,21H,5-6,11-13H2. The average Bonchev–Trinajstić information content (AvgIpc) is 2.61. The zero-order chi connectivity index (χ0) is 15.6. The third-order valence-electron chi connectivity index (χ3n) is 5.11. The van der Waals surface area contributed by atoms with Crippen LogP contribution >= 0.6 is 11.8 Å². The van der Waals surface area contributed by atoms with Crippen LogP contribution in [-0.2, 0) is 0 Å². The van der Waals surface area contributed by atoms with Crippen LogP contribution in [0.25, 0.3) is 0 Å². The van der Waals surface area contributed by atoms with Gasteiger partial charge in [-0.05, 0) is 48.4 Å². The molecule has 2 nitrogen and oxygen atoms in total. The molecule has 0 spiro atoms. The second kappa shape index (κ2) is 6.40. The summed E-state index contributed by atoms with van der Waals surface area (Å²) >= 11 is 1.91. The first-order valence-corrected chi connectivity index (χ1v) is 9.27. The van der Waals surface area contributed by atoms with Crippen molar-refractivity contribution in [2.24, 2.45) is 5.92 Å². The minimum atomic E-state index is 0.499. The number of nitrogens with one attached hydrogen (secondary N) is 1. The monoisotopic (exact) mass is 322 g/mol. The van der Waals surface area contributed by atoms with Crippen molar-refractivity contribution < 1.29 is 0 Å². The van der Waals surface area contributed by atoms with E-state index in [1.165, 1.54) is 46.5 Å². The Morgan fingerprint density at radius 1 is 1.04 bits per heavy atom. The largest absolute Gasteiger partial charge is 0.363 e. The van der Waals surface area contributed by atoms with Crippen LogP contribution in [0.4, 0.5) is 0 Å². The summed E-state index contributed by atoms with van der Waals surface area (Å²) in [6.45, 7) is 2.09. The quantitative estimate of drug-likeness (QED) is 0.636. The van der Waals surface area contributed by atoms with E-state index in [-0.39, 0.29) is 0 Å². The Bertz CT molecular complexity index is 667. The fourth-order valence-corrected chi connectivity index (χ4v) is 5.19. The number of hydrogen-bond donors (Lipinski definition) is 1. The summed E-state index contributed by atoms with van der Waals surface area (Å²) in [5.74, 6) is 1.18. The van der Waals surface area contributed by atoms with Crippen molar-refractivity contribution >= 4 is 18.1 Å². The molecule has 1 fully saturated rings. The van der Waals surface area contributed by atoms with E-state index in [1.54, 1.807) is 0 Å². The molecule has 1 N–H and O–H groups in total. The fourth-order valence-electron chi connectivity index (χ4n) is 4.00. The molecule has 1 unspecified atom stereocenters.